The molecule has 1 N–H and O–H groups in total. The SMILES string of the molecule is COc1cccc(OC)c1OCCNC[C@@H]1Oc2ccccc2C[C@@H]1c1ccccc1. The molecule has 2 atom stereocenters. The van der Waals surface area contributed by atoms with Crippen molar-refractivity contribution >= 4 is 0 Å². The molecule has 3 aromatic carbocycles. The van der Waals surface area contributed by atoms with Gasteiger partial charge in [0.05, 0.1) is 14.2 Å². The second-order valence-corrected chi connectivity index (χ2v) is 7.53. The van der Waals surface area contributed by atoms with Crippen molar-refractivity contribution in [3.05, 3.63) is 83.9 Å². The maximum Gasteiger partial charge on any atom is 0.203 e. The highest BCUT2D eigenvalue weighted by molar-refractivity contribution is 5.51. The van der Waals surface area contributed by atoms with Crippen molar-refractivity contribution in [1.29, 1.82) is 0 Å². The van der Waals surface area contributed by atoms with E-state index in [4.69, 9.17) is 18.9 Å². The van der Waals surface area contributed by atoms with E-state index in [1.165, 1.54) is 11.1 Å². The van der Waals surface area contributed by atoms with Crippen molar-refractivity contribution in [1.82, 2.24) is 5.32 Å². The van der Waals surface area contributed by atoms with Crippen molar-refractivity contribution in [3.63, 3.8) is 0 Å². The molecule has 0 aromatic heterocycles. The zero-order valence-electron chi connectivity index (χ0n) is 18.0. The normalized spacial score (nSPS) is 17.4. The average Bonchev–Trinajstić information content (AvgIpc) is 2.83. The van der Waals surface area contributed by atoms with Crippen molar-refractivity contribution < 1.29 is 18.9 Å². The quantitative estimate of drug-likeness (QED) is 0.519. The van der Waals surface area contributed by atoms with E-state index in [1.807, 2.05) is 24.3 Å². The second-order valence-electron chi connectivity index (χ2n) is 7.53. The highest BCUT2D eigenvalue weighted by Crippen LogP contribution is 2.37. The lowest BCUT2D eigenvalue weighted by Crippen LogP contribution is -2.40. The smallest absolute Gasteiger partial charge is 0.203 e. The lowest BCUT2D eigenvalue weighted by atomic mass is 9.85. The Morgan fingerprint density at radius 2 is 1.58 bits per heavy atom. The molecule has 0 saturated heterocycles. The summed E-state index contributed by atoms with van der Waals surface area (Å²) >= 11 is 0. The number of methoxy groups -OCH3 is 2. The molecule has 1 aliphatic rings. The van der Waals surface area contributed by atoms with Gasteiger partial charge in [-0.05, 0) is 35.7 Å². The van der Waals surface area contributed by atoms with Gasteiger partial charge in [0.25, 0.3) is 0 Å². The Labute approximate surface area is 183 Å². The minimum atomic E-state index is 0.0538. The van der Waals surface area contributed by atoms with Crippen molar-refractivity contribution in [2.24, 2.45) is 0 Å². The average molecular weight is 420 g/mol. The number of rotatable bonds is 9. The van der Waals surface area contributed by atoms with E-state index in [0.29, 0.717) is 36.3 Å². The summed E-state index contributed by atoms with van der Waals surface area (Å²) in [5.74, 6) is 3.24. The van der Waals surface area contributed by atoms with Crippen molar-refractivity contribution in [2.45, 2.75) is 18.4 Å². The highest BCUT2D eigenvalue weighted by atomic mass is 16.5. The van der Waals surface area contributed by atoms with E-state index in [0.717, 1.165) is 18.7 Å². The number of benzene rings is 3. The molecule has 0 fully saturated rings. The third-order valence-corrected chi connectivity index (χ3v) is 5.62. The highest BCUT2D eigenvalue weighted by Gasteiger charge is 2.30. The molecule has 4 rings (SSSR count). The van der Waals surface area contributed by atoms with Crippen molar-refractivity contribution in [3.8, 4) is 23.0 Å². The lowest BCUT2D eigenvalue weighted by Gasteiger charge is -2.34. The van der Waals surface area contributed by atoms with Crippen LogP contribution in [0.3, 0.4) is 0 Å². The minimum absolute atomic E-state index is 0.0538. The van der Waals surface area contributed by atoms with Gasteiger partial charge in [0, 0.05) is 19.0 Å². The van der Waals surface area contributed by atoms with Crippen LogP contribution in [-0.2, 0) is 6.42 Å². The van der Waals surface area contributed by atoms with E-state index in [2.05, 4.69) is 53.8 Å². The Bertz CT molecular complexity index is 954. The van der Waals surface area contributed by atoms with Gasteiger partial charge in [-0.2, -0.15) is 0 Å². The van der Waals surface area contributed by atoms with Gasteiger partial charge in [0.15, 0.2) is 11.5 Å². The molecule has 31 heavy (non-hydrogen) atoms. The molecule has 0 bridgehead atoms. The molecule has 3 aromatic rings. The number of para-hydroxylation sites is 2. The molecule has 5 nitrogen and oxygen atoms in total. The predicted octanol–water partition coefficient (Wildman–Crippen LogP) is 4.46. The van der Waals surface area contributed by atoms with Gasteiger partial charge in [-0.25, -0.2) is 0 Å². The van der Waals surface area contributed by atoms with Gasteiger partial charge in [0.1, 0.15) is 18.5 Å². The van der Waals surface area contributed by atoms with Crippen LogP contribution in [0.1, 0.15) is 17.0 Å². The molecule has 0 spiro atoms. The Hall–Kier alpha value is -3.18. The summed E-state index contributed by atoms with van der Waals surface area (Å²) in [6, 6.07) is 24.5. The van der Waals surface area contributed by atoms with E-state index in [9.17, 15) is 0 Å². The zero-order valence-corrected chi connectivity index (χ0v) is 18.0. The molecule has 0 radical (unpaired) electrons. The van der Waals surface area contributed by atoms with Gasteiger partial charge < -0.3 is 24.3 Å². The van der Waals surface area contributed by atoms with Crippen LogP contribution in [0, 0.1) is 0 Å². The Morgan fingerprint density at radius 3 is 2.32 bits per heavy atom. The van der Waals surface area contributed by atoms with Crippen LogP contribution in [0.4, 0.5) is 0 Å². The first-order valence-electron chi connectivity index (χ1n) is 10.6. The summed E-state index contributed by atoms with van der Waals surface area (Å²) in [4.78, 5) is 0. The van der Waals surface area contributed by atoms with Gasteiger partial charge in [-0.3, -0.25) is 0 Å². The fourth-order valence-corrected chi connectivity index (χ4v) is 4.05. The molecular weight excluding hydrogens is 390 g/mol. The molecule has 0 amide bonds. The van der Waals surface area contributed by atoms with E-state index < -0.39 is 0 Å². The van der Waals surface area contributed by atoms with Crippen LogP contribution in [0.15, 0.2) is 72.8 Å². The molecular formula is C26H29NO4. The standard InChI is InChI=1S/C26H29NO4/c1-28-23-13-8-14-24(29-2)26(23)30-16-15-27-18-25-21(19-9-4-3-5-10-19)17-20-11-6-7-12-22(20)31-25/h3-14,21,25,27H,15-18H2,1-2H3/t21-,25+/m1/s1. The van der Waals surface area contributed by atoms with Crippen LogP contribution < -0.4 is 24.3 Å². The summed E-state index contributed by atoms with van der Waals surface area (Å²) < 4.78 is 23.1. The zero-order chi connectivity index (χ0) is 21.5. The lowest BCUT2D eigenvalue weighted by molar-refractivity contribution is 0.145. The van der Waals surface area contributed by atoms with Gasteiger partial charge >= 0.3 is 0 Å². The molecule has 0 unspecified atom stereocenters. The summed E-state index contributed by atoms with van der Waals surface area (Å²) in [5.41, 5.74) is 2.57. The molecule has 0 saturated carbocycles. The maximum atomic E-state index is 6.39. The monoisotopic (exact) mass is 419 g/mol. The van der Waals surface area contributed by atoms with Crippen LogP contribution in [0.5, 0.6) is 23.0 Å². The predicted molar refractivity (Wildman–Crippen MR) is 122 cm³/mol. The fraction of sp³-hybridized carbons (Fsp3) is 0.308. The van der Waals surface area contributed by atoms with E-state index in [-0.39, 0.29) is 6.10 Å². The van der Waals surface area contributed by atoms with Crippen LogP contribution in [0.2, 0.25) is 0 Å². The first kappa shape index (κ1) is 21.1. The summed E-state index contributed by atoms with van der Waals surface area (Å²) in [6.07, 6.45) is 1.03. The third kappa shape index (κ3) is 4.94. The fourth-order valence-electron chi connectivity index (χ4n) is 4.05. The van der Waals surface area contributed by atoms with Gasteiger partial charge in [-0.15, -0.1) is 0 Å². The second kappa shape index (κ2) is 10.2. The Morgan fingerprint density at radius 1 is 0.871 bits per heavy atom. The van der Waals surface area contributed by atoms with Crippen LogP contribution >= 0.6 is 0 Å². The molecule has 162 valence electrons. The first-order chi connectivity index (χ1) is 15.3. The van der Waals surface area contributed by atoms with E-state index >= 15 is 0 Å². The van der Waals surface area contributed by atoms with Gasteiger partial charge in [-0.1, -0.05) is 54.6 Å². The summed E-state index contributed by atoms with van der Waals surface area (Å²) in [7, 11) is 3.25. The Balaban J connectivity index is 1.37. The maximum absolute atomic E-state index is 6.39. The minimum Gasteiger partial charge on any atom is -0.493 e. The van der Waals surface area contributed by atoms with E-state index in [1.54, 1.807) is 14.2 Å². The van der Waals surface area contributed by atoms with Crippen LogP contribution in [0.25, 0.3) is 0 Å². The van der Waals surface area contributed by atoms with Gasteiger partial charge in [0.2, 0.25) is 5.75 Å². The topological polar surface area (TPSA) is 49.0 Å². The number of hydrogen-bond donors (Lipinski definition) is 1. The molecule has 5 heteroatoms. The van der Waals surface area contributed by atoms with Crippen LogP contribution in [-0.4, -0.2) is 40.0 Å². The number of hydrogen-bond acceptors (Lipinski definition) is 5. The number of nitrogens with one attached hydrogen (secondary N) is 1. The molecule has 1 aliphatic heterocycles. The molecule has 0 aliphatic carbocycles. The number of fused-ring (bicyclic) bond motifs is 1. The summed E-state index contributed by atoms with van der Waals surface area (Å²) in [6.45, 7) is 1.92. The number of ether oxygens (including phenoxy) is 4. The van der Waals surface area contributed by atoms with Crippen molar-refractivity contribution in [2.75, 3.05) is 33.9 Å². The molecule has 1 heterocycles. The Kier molecular flexibility index (Phi) is 6.95. The first-order valence-corrected chi connectivity index (χ1v) is 10.6. The third-order valence-electron chi connectivity index (χ3n) is 5.62. The largest absolute Gasteiger partial charge is 0.493 e. The summed E-state index contributed by atoms with van der Waals surface area (Å²) in [5, 5.41) is 3.50.